The number of nitrogens with one attached hydrogen (secondary N) is 2. The van der Waals surface area contributed by atoms with E-state index in [-0.39, 0.29) is 0 Å². The Morgan fingerprint density at radius 2 is 1.90 bits per heavy atom. The first-order valence-corrected chi connectivity index (χ1v) is 8.01. The van der Waals surface area contributed by atoms with E-state index in [9.17, 15) is 0 Å². The Labute approximate surface area is 124 Å². The summed E-state index contributed by atoms with van der Waals surface area (Å²) in [7, 11) is 4.04. The van der Waals surface area contributed by atoms with Crippen LogP contribution in [0, 0.1) is 5.92 Å². The van der Waals surface area contributed by atoms with E-state index < -0.39 is 0 Å². The van der Waals surface area contributed by atoms with Crippen LogP contribution in [0.4, 0.5) is 0 Å². The van der Waals surface area contributed by atoms with Crippen molar-refractivity contribution in [2.24, 2.45) is 10.9 Å². The van der Waals surface area contributed by atoms with E-state index in [0.29, 0.717) is 5.92 Å². The van der Waals surface area contributed by atoms with Crippen LogP contribution in [-0.2, 0) is 0 Å². The fraction of sp³-hybridized carbons (Fsp3) is 0.933. The lowest BCUT2D eigenvalue weighted by atomic mass is 10.1. The molecular formula is C15H33N5. The molecule has 20 heavy (non-hydrogen) atoms. The summed E-state index contributed by atoms with van der Waals surface area (Å²) in [6.45, 7) is 12.5. The van der Waals surface area contributed by atoms with E-state index in [2.05, 4.69) is 46.3 Å². The van der Waals surface area contributed by atoms with E-state index in [1.54, 1.807) is 0 Å². The van der Waals surface area contributed by atoms with Crippen LogP contribution in [0.1, 0.15) is 26.7 Å². The summed E-state index contributed by atoms with van der Waals surface area (Å²) in [5.41, 5.74) is 0. The first kappa shape index (κ1) is 17.2. The minimum absolute atomic E-state index is 0.642. The van der Waals surface area contributed by atoms with Gasteiger partial charge in [-0.1, -0.05) is 20.3 Å². The fourth-order valence-corrected chi connectivity index (χ4v) is 2.41. The first-order valence-electron chi connectivity index (χ1n) is 8.01. The minimum Gasteiger partial charge on any atom is -0.356 e. The number of aliphatic imine (C=N–C) groups is 1. The number of rotatable bonds is 7. The van der Waals surface area contributed by atoms with E-state index in [4.69, 9.17) is 0 Å². The lowest BCUT2D eigenvalue weighted by molar-refractivity contribution is 0.139. The highest BCUT2D eigenvalue weighted by Crippen LogP contribution is 2.03. The van der Waals surface area contributed by atoms with Gasteiger partial charge in [0.25, 0.3) is 0 Å². The zero-order valence-corrected chi connectivity index (χ0v) is 13.8. The number of hydrogen-bond acceptors (Lipinski definition) is 3. The quantitative estimate of drug-likeness (QED) is 0.413. The average Bonchev–Trinajstić information content (AvgIpc) is 2.45. The predicted molar refractivity (Wildman–Crippen MR) is 87.4 cm³/mol. The second-order valence-corrected chi connectivity index (χ2v) is 5.94. The SMILES string of the molecule is CCCCNC(=NC)NCC(C)CN1CCN(C)CC1. The molecule has 1 saturated heterocycles. The summed E-state index contributed by atoms with van der Waals surface area (Å²) in [6.07, 6.45) is 2.40. The van der Waals surface area contributed by atoms with Crippen molar-refractivity contribution in [1.82, 2.24) is 20.4 Å². The number of likely N-dealkylation sites (N-methyl/N-ethyl adjacent to an activating group) is 1. The van der Waals surface area contributed by atoms with E-state index in [0.717, 1.165) is 19.0 Å². The monoisotopic (exact) mass is 283 g/mol. The van der Waals surface area contributed by atoms with Crippen LogP contribution in [0.2, 0.25) is 0 Å². The third kappa shape index (κ3) is 7.10. The van der Waals surface area contributed by atoms with Crippen molar-refractivity contribution < 1.29 is 0 Å². The maximum absolute atomic E-state index is 4.26. The molecule has 1 atom stereocenters. The Hall–Kier alpha value is -0.810. The average molecular weight is 283 g/mol. The molecule has 5 heteroatoms. The molecule has 1 aliphatic heterocycles. The topological polar surface area (TPSA) is 42.9 Å². The molecule has 0 amide bonds. The highest BCUT2D eigenvalue weighted by Gasteiger charge is 2.16. The fourth-order valence-electron chi connectivity index (χ4n) is 2.41. The number of piperazine rings is 1. The molecule has 0 saturated carbocycles. The van der Waals surface area contributed by atoms with Crippen LogP contribution >= 0.6 is 0 Å². The molecule has 0 aromatic heterocycles. The standard InChI is InChI=1S/C15H33N5/c1-5-6-7-17-15(16-3)18-12-14(2)13-20-10-8-19(4)9-11-20/h14H,5-13H2,1-4H3,(H2,16,17,18). The van der Waals surface area contributed by atoms with E-state index in [1.165, 1.54) is 45.6 Å². The second-order valence-electron chi connectivity index (χ2n) is 5.94. The highest BCUT2D eigenvalue weighted by molar-refractivity contribution is 5.79. The molecule has 1 heterocycles. The van der Waals surface area contributed by atoms with Crippen molar-refractivity contribution in [1.29, 1.82) is 0 Å². The summed E-state index contributed by atoms with van der Waals surface area (Å²) in [4.78, 5) is 9.23. The lowest BCUT2D eigenvalue weighted by Crippen LogP contribution is -2.47. The third-order valence-electron chi connectivity index (χ3n) is 3.83. The second kappa shape index (κ2) is 10.00. The van der Waals surface area contributed by atoms with Gasteiger partial charge in [-0.3, -0.25) is 4.99 Å². The highest BCUT2D eigenvalue weighted by atomic mass is 15.2. The number of hydrogen-bond donors (Lipinski definition) is 2. The Morgan fingerprint density at radius 1 is 1.20 bits per heavy atom. The maximum Gasteiger partial charge on any atom is 0.190 e. The molecule has 0 radical (unpaired) electrons. The van der Waals surface area contributed by atoms with Gasteiger partial charge < -0.3 is 20.4 Å². The van der Waals surface area contributed by atoms with Gasteiger partial charge in [0, 0.05) is 52.9 Å². The third-order valence-corrected chi connectivity index (χ3v) is 3.83. The van der Waals surface area contributed by atoms with Crippen molar-refractivity contribution in [3.05, 3.63) is 0 Å². The molecule has 0 aliphatic carbocycles. The van der Waals surface area contributed by atoms with Gasteiger partial charge in [-0.25, -0.2) is 0 Å². The maximum atomic E-state index is 4.26. The summed E-state index contributed by atoms with van der Waals surface area (Å²) >= 11 is 0. The molecule has 2 N–H and O–H groups in total. The van der Waals surface area contributed by atoms with Crippen LogP contribution in [-0.4, -0.2) is 75.7 Å². The molecule has 0 aromatic carbocycles. The molecule has 0 spiro atoms. The van der Waals surface area contributed by atoms with Gasteiger partial charge in [0.05, 0.1) is 0 Å². The summed E-state index contributed by atoms with van der Waals surface area (Å²) in [5.74, 6) is 1.58. The molecule has 118 valence electrons. The molecule has 1 fully saturated rings. The Bertz CT molecular complexity index is 271. The van der Waals surface area contributed by atoms with Crippen molar-refractivity contribution >= 4 is 5.96 Å². The number of guanidine groups is 1. The largest absolute Gasteiger partial charge is 0.356 e. The van der Waals surface area contributed by atoms with Gasteiger partial charge in [0.15, 0.2) is 5.96 Å². The van der Waals surface area contributed by atoms with Gasteiger partial charge in [-0.15, -0.1) is 0 Å². The van der Waals surface area contributed by atoms with Gasteiger partial charge in [0.1, 0.15) is 0 Å². The number of unbranched alkanes of at least 4 members (excludes halogenated alkanes) is 1. The molecule has 5 nitrogen and oxygen atoms in total. The Morgan fingerprint density at radius 3 is 2.50 bits per heavy atom. The van der Waals surface area contributed by atoms with Crippen LogP contribution in [0.5, 0.6) is 0 Å². The predicted octanol–water partition coefficient (Wildman–Crippen LogP) is 0.835. The molecule has 0 aromatic rings. The van der Waals surface area contributed by atoms with Crippen molar-refractivity contribution in [2.75, 3.05) is 59.9 Å². The zero-order valence-electron chi connectivity index (χ0n) is 13.8. The van der Waals surface area contributed by atoms with Crippen molar-refractivity contribution in [3.8, 4) is 0 Å². The smallest absolute Gasteiger partial charge is 0.190 e. The summed E-state index contributed by atoms with van der Waals surface area (Å²) in [6, 6.07) is 0. The van der Waals surface area contributed by atoms with Gasteiger partial charge in [-0.2, -0.15) is 0 Å². The van der Waals surface area contributed by atoms with Crippen LogP contribution in [0.25, 0.3) is 0 Å². The Kier molecular flexibility index (Phi) is 8.62. The normalized spacial score (nSPS) is 19.9. The molecular weight excluding hydrogens is 250 g/mol. The van der Waals surface area contributed by atoms with Crippen LogP contribution < -0.4 is 10.6 Å². The molecule has 1 aliphatic rings. The summed E-state index contributed by atoms with van der Waals surface area (Å²) in [5, 5.41) is 6.78. The van der Waals surface area contributed by atoms with E-state index >= 15 is 0 Å². The van der Waals surface area contributed by atoms with Crippen LogP contribution in [0.15, 0.2) is 4.99 Å². The molecule has 1 rings (SSSR count). The molecule has 1 unspecified atom stereocenters. The zero-order chi connectivity index (χ0) is 14.8. The van der Waals surface area contributed by atoms with Crippen LogP contribution in [0.3, 0.4) is 0 Å². The van der Waals surface area contributed by atoms with Gasteiger partial charge >= 0.3 is 0 Å². The van der Waals surface area contributed by atoms with Crippen molar-refractivity contribution in [3.63, 3.8) is 0 Å². The molecule has 0 bridgehead atoms. The van der Waals surface area contributed by atoms with Gasteiger partial charge in [-0.05, 0) is 19.4 Å². The minimum atomic E-state index is 0.642. The van der Waals surface area contributed by atoms with Gasteiger partial charge in [0.2, 0.25) is 0 Å². The van der Waals surface area contributed by atoms with E-state index in [1.807, 2.05) is 7.05 Å². The lowest BCUT2D eigenvalue weighted by Gasteiger charge is -2.34. The summed E-state index contributed by atoms with van der Waals surface area (Å²) < 4.78 is 0. The number of nitrogens with zero attached hydrogens (tertiary/aromatic N) is 3. The Balaban J connectivity index is 2.16. The van der Waals surface area contributed by atoms with Crippen molar-refractivity contribution in [2.45, 2.75) is 26.7 Å². The first-order chi connectivity index (χ1) is 9.65.